The molecule has 1 aromatic carbocycles. The molecule has 0 radical (unpaired) electrons. The second kappa shape index (κ2) is 6.07. The SMILES string of the molecule is CC(C)c1cc(CCl)cc(N(C)c2ccccc2)n1. The lowest BCUT2D eigenvalue weighted by Gasteiger charge is -2.20. The fourth-order valence-electron chi connectivity index (χ4n) is 1.92. The van der Waals surface area contributed by atoms with Gasteiger partial charge in [-0.1, -0.05) is 32.0 Å². The Bertz CT molecular complexity index is 538. The van der Waals surface area contributed by atoms with Gasteiger partial charge in [-0.15, -0.1) is 11.6 Å². The summed E-state index contributed by atoms with van der Waals surface area (Å²) in [5, 5.41) is 0. The Balaban J connectivity index is 2.41. The van der Waals surface area contributed by atoms with E-state index in [2.05, 4.69) is 36.9 Å². The molecular formula is C16H19ClN2. The number of anilines is 2. The highest BCUT2D eigenvalue weighted by Crippen LogP contribution is 2.25. The first-order valence-electron chi connectivity index (χ1n) is 6.47. The lowest BCUT2D eigenvalue weighted by atomic mass is 10.1. The average molecular weight is 275 g/mol. The van der Waals surface area contributed by atoms with E-state index in [9.17, 15) is 0 Å². The van der Waals surface area contributed by atoms with Crippen LogP contribution in [-0.2, 0) is 5.88 Å². The topological polar surface area (TPSA) is 16.1 Å². The van der Waals surface area contributed by atoms with Gasteiger partial charge in [-0.05, 0) is 35.7 Å². The van der Waals surface area contributed by atoms with Crippen molar-refractivity contribution in [3.05, 3.63) is 53.7 Å². The Labute approximate surface area is 120 Å². The van der Waals surface area contributed by atoms with Gasteiger partial charge in [0, 0.05) is 24.3 Å². The van der Waals surface area contributed by atoms with Crippen LogP contribution in [0.3, 0.4) is 0 Å². The molecular weight excluding hydrogens is 256 g/mol. The molecule has 0 N–H and O–H groups in total. The minimum absolute atomic E-state index is 0.395. The molecule has 0 saturated carbocycles. The van der Waals surface area contributed by atoms with Gasteiger partial charge in [0.25, 0.3) is 0 Å². The smallest absolute Gasteiger partial charge is 0.133 e. The molecule has 1 heterocycles. The minimum atomic E-state index is 0.395. The molecule has 19 heavy (non-hydrogen) atoms. The first-order valence-corrected chi connectivity index (χ1v) is 7.01. The molecule has 2 aromatic rings. The van der Waals surface area contributed by atoms with Crippen LogP contribution in [0, 0.1) is 0 Å². The number of hydrogen-bond donors (Lipinski definition) is 0. The maximum atomic E-state index is 5.98. The van der Waals surface area contributed by atoms with E-state index in [-0.39, 0.29) is 0 Å². The largest absolute Gasteiger partial charge is 0.329 e. The van der Waals surface area contributed by atoms with E-state index in [1.807, 2.05) is 31.3 Å². The molecule has 0 unspecified atom stereocenters. The summed E-state index contributed by atoms with van der Waals surface area (Å²) in [7, 11) is 2.03. The zero-order chi connectivity index (χ0) is 13.8. The molecule has 0 atom stereocenters. The summed E-state index contributed by atoms with van der Waals surface area (Å²) in [5.74, 6) is 1.84. The first-order chi connectivity index (χ1) is 9.11. The number of aromatic nitrogens is 1. The van der Waals surface area contributed by atoms with E-state index in [4.69, 9.17) is 16.6 Å². The Morgan fingerprint density at radius 3 is 2.42 bits per heavy atom. The Hall–Kier alpha value is -1.54. The van der Waals surface area contributed by atoms with Crippen LogP contribution in [0.15, 0.2) is 42.5 Å². The molecule has 0 aliphatic rings. The highest BCUT2D eigenvalue weighted by molar-refractivity contribution is 6.17. The lowest BCUT2D eigenvalue weighted by molar-refractivity contribution is 0.817. The zero-order valence-corrected chi connectivity index (χ0v) is 12.4. The van der Waals surface area contributed by atoms with E-state index in [0.29, 0.717) is 11.8 Å². The number of rotatable bonds is 4. The van der Waals surface area contributed by atoms with Crippen LogP contribution in [-0.4, -0.2) is 12.0 Å². The summed E-state index contributed by atoms with van der Waals surface area (Å²) in [6, 6.07) is 14.3. The molecule has 0 spiro atoms. The maximum absolute atomic E-state index is 5.98. The normalized spacial score (nSPS) is 10.8. The predicted octanol–water partition coefficient (Wildman–Crippen LogP) is 4.71. The van der Waals surface area contributed by atoms with Crippen LogP contribution in [0.1, 0.15) is 31.0 Å². The fraction of sp³-hybridized carbons (Fsp3) is 0.312. The van der Waals surface area contributed by atoms with Gasteiger partial charge in [-0.25, -0.2) is 4.98 Å². The van der Waals surface area contributed by atoms with Gasteiger partial charge in [0.15, 0.2) is 0 Å². The Morgan fingerprint density at radius 1 is 1.16 bits per heavy atom. The molecule has 0 fully saturated rings. The number of para-hydroxylation sites is 1. The van der Waals surface area contributed by atoms with Crippen LogP contribution in [0.4, 0.5) is 11.5 Å². The van der Waals surface area contributed by atoms with Crippen LogP contribution in [0.5, 0.6) is 0 Å². The first kappa shape index (κ1) is 13.9. The van der Waals surface area contributed by atoms with Gasteiger partial charge >= 0.3 is 0 Å². The van der Waals surface area contributed by atoms with E-state index in [0.717, 1.165) is 22.8 Å². The van der Waals surface area contributed by atoms with Crippen molar-refractivity contribution in [2.24, 2.45) is 0 Å². The number of halogens is 1. The van der Waals surface area contributed by atoms with Gasteiger partial charge in [0.2, 0.25) is 0 Å². The van der Waals surface area contributed by atoms with Crippen LogP contribution in [0.25, 0.3) is 0 Å². The van der Waals surface area contributed by atoms with E-state index in [1.165, 1.54) is 0 Å². The van der Waals surface area contributed by atoms with Gasteiger partial charge in [-0.2, -0.15) is 0 Å². The minimum Gasteiger partial charge on any atom is -0.329 e. The quantitative estimate of drug-likeness (QED) is 0.751. The number of alkyl halides is 1. The van der Waals surface area contributed by atoms with Crippen molar-refractivity contribution in [3.63, 3.8) is 0 Å². The number of pyridine rings is 1. The van der Waals surface area contributed by atoms with Crippen molar-refractivity contribution >= 4 is 23.1 Å². The molecule has 0 saturated heterocycles. The zero-order valence-electron chi connectivity index (χ0n) is 11.6. The Kier molecular flexibility index (Phi) is 4.43. The molecule has 1 aromatic heterocycles. The average Bonchev–Trinajstić information content (AvgIpc) is 2.46. The van der Waals surface area contributed by atoms with Crippen molar-refractivity contribution in [1.82, 2.24) is 4.98 Å². The van der Waals surface area contributed by atoms with Crippen molar-refractivity contribution in [3.8, 4) is 0 Å². The second-order valence-corrected chi connectivity index (χ2v) is 5.21. The summed E-state index contributed by atoms with van der Waals surface area (Å²) in [4.78, 5) is 6.81. The number of hydrogen-bond acceptors (Lipinski definition) is 2. The Morgan fingerprint density at radius 2 is 1.84 bits per heavy atom. The molecule has 0 amide bonds. The molecule has 0 bridgehead atoms. The molecule has 0 aliphatic carbocycles. The fourth-order valence-corrected chi connectivity index (χ4v) is 2.08. The lowest BCUT2D eigenvalue weighted by Crippen LogP contribution is -2.12. The van der Waals surface area contributed by atoms with Crippen LogP contribution >= 0.6 is 11.6 Å². The van der Waals surface area contributed by atoms with Crippen molar-refractivity contribution in [1.29, 1.82) is 0 Å². The third-order valence-corrected chi connectivity index (χ3v) is 3.43. The molecule has 3 heteroatoms. The second-order valence-electron chi connectivity index (χ2n) is 4.94. The summed E-state index contributed by atoms with van der Waals surface area (Å²) < 4.78 is 0. The van der Waals surface area contributed by atoms with Gasteiger partial charge in [0.05, 0.1) is 0 Å². The summed E-state index contributed by atoms with van der Waals surface area (Å²) in [6.45, 7) is 4.29. The molecule has 2 rings (SSSR count). The van der Waals surface area contributed by atoms with E-state index >= 15 is 0 Å². The third-order valence-electron chi connectivity index (χ3n) is 3.12. The third kappa shape index (κ3) is 3.27. The van der Waals surface area contributed by atoms with Gasteiger partial charge in [-0.3, -0.25) is 0 Å². The standard InChI is InChI=1S/C16H19ClN2/c1-12(2)15-9-13(11-17)10-16(18-15)19(3)14-7-5-4-6-8-14/h4-10,12H,11H2,1-3H3. The van der Waals surface area contributed by atoms with Crippen molar-refractivity contribution in [2.75, 3.05) is 11.9 Å². The maximum Gasteiger partial charge on any atom is 0.133 e. The van der Waals surface area contributed by atoms with Gasteiger partial charge in [0.1, 0.15) is 5.82 Å². The van der Waals surface area contributed by atoms with E-state index in [1.54, 1.807) is 0 Å². The molecule has 100 valence electrons. The summed E-state index contributed by atoms with van der Waals surface area (Å²) >= 11 is 5.98. The monoisotopic (exact) mass is 274 g/mol. The van der Waals surface area contributed by atoms with Crippen molar-refractivity contribution < 1.29 is 0 Å². The molecule has 0 aliphatic heterocycles. The highest BCUT2D eigenvalue weighted by atomic mass is 35.5. The van der Waals surface area contributed by atoms with E-state index < -0.39 is 0 Å². The summed E-state index contributed by atoms with van der Waals surface area (Å²) in [5.41, 5.74) is 3.31. The van der Waals surface area contributed by atoms with Crippen LogP contribution < -0.4 is 4.90 Å². The number of benzene rings is 1. The summed E-state index contributed by atoms with van der Waals surface area (Å²) in [6.07, 6.45) is 0. The number of nitrogens with zero attached hydrogens (tertiary/aromatic N) is 2. The predicted molar refractivity (Wildman–Crippen MR) is 82.4 cm³/mol. The molecule has 2 nitrogen and oxygen atoms in total. The van der Waals surface area contributed by atoms with Gasteiger partial charge < -0.3 is 4.90 Å². The van der Waals surface area contributed by atoms with Crippen molar-refractivity contribution in [2.45, 2.75) is 25.6 Å². The highest BCUT2D eigenvalue weighted by Gasteiger charge is 2.10. The van der Waals surface area contributed by atoms with Crippen LogP contribution in [0.2, 0.25) is 0 Å².